The second-order valence-corrected chi connectivity index (χ2v) is 5.83. The minimum absolute atomic E-state index is 0.0757. The average Bonchev–Trinajstić information content (AvgIpc) is 2.24. The Labute approximate surface area is 115 Å². The van der Waals surface area contributed by atoms with Gasteiger partial charge < -0.3 is 15.2 Å². The first-order valence-electron chi connectivity index (χ1n) is 6.74. The highest BCUT2D eigenvalue weighted by Crippen LogP contribution is 2.17. The van der Waals surface area contributed by atoms with Gasteiger partial charge in [0.05, 0.1) is 11.7 Å². The third-order valence-electron chi connectivity index (χ3n) is 2.46. The molecule has 19 heavy (non-hydrogen) atoms. The van der Waals surface area contributed by atoms with Gasteiger partial charge in [-0.05, 0) is 33.1 Å². The molecule has 0 aromatic carbocycles. The lowest BCUT2D eigenvalue weighted by Gasteiger charge is -2.25. The Hall–Kier alpha value is -1.36. The molecule has 5 nitrogen and oxygen atoms in total. The molecule has 0 radical (unpaired) electrons. The van der Waals surface area contributed by atoms with E-state index in [1.165, 1.54) is 0 Å². The summed E-state index contributed by atoms with van der Waals surface area (Å²) in [5.41, 5.74) is -0.771. The Morgan fingerprint density at radius 3 is 2.63 bits per heavy atom. The van der Waals surface area contributed by atoms with Gasteiger partial charge in [0.1, 0.15) is 0 Å². The molecule has 0 aliphatic heterocycles. The van der Waals surface area contributed by atoms with Crippen LogP contribution in [-0.2, 0) is 0 Å². The highest BCUT2D eigenvalue weighted by Gasteiger charge is 2.21. The Morgan fingerprint density at radius 2 is 2.05 bits per heavy atom. The highest BCUT2D eigenvalue weighted by molar-refractivity contribution is 5.28. The van der Waals surface area contributed by atoms with E-state index in [0.717, 1.165) is 6.42 Å². The first-order chi connectivity index (χ1) is 8.78. The maximum absolute atomic E-state index is 10.2. The van der Waals surface area contributed by atoms with E-state index in [4.69, 9.17) is 4.74 Å². The van der Waals surface area contributed by atoms with Gasteiger partial charge in [-0.2, -0.15) is 4.98 Å². The third kappa shape index (κ3) is 6.38. The van der Waals surface area contributed by atoms with Gasteiger partial charge in [-0.3, -0.25) is 0 Å². The largest absolute Gasteiger partial charge is 0.475 e. The fourth-order valence-corrected chi connectivity index (χ4v) is 1.96. The van der Waals surface area contributed by atoms with Crippen molar-refractivity contribution in [2.24, 2.45) is 5.92 Å². The lowest BCUT2D eigenvalue weighted by atomic mass is 9.94. The summed E-state index contributed by atoms with van der Waals surface area (Å²) in [7, 11) is 0. The molecule has 5 heteroatoms. The molecule has 2 N–H and O–H groups in total. The number of anilines is 1. The molecule has 0 bridgehead atoms. The molecule has 1 rings (SSSR count). The molecule has 1 atom stereocenters. The van der Waals surface area contributed by atoms with Crippen molar-refractivity contribution in [3.05, 3.63) is 12.3 Å². The summed E-state index contributed by atoms with van der Waals surface area (Å²) in [4.78, 5) is 8.36. The quantitative estimate of drug-likeness (QED) is 0.794. The van der Waals surface area contributed by atoms with Crippen LogP contribution in [0.4, 0.5) is 5.95 Å². The lowest BCUT2D eigenvalue weighted by Crippen LogP contribution is -2.35. The van der Waals surface area contributed by atoms with E-state index in [1.54, 1.807) is 12.3 Å². The molecule has 0 aliphatic carbocycles. The molecule has 0 saturated heterocycles. The van der Waals surface area contributed by atoms with Crippen molar-refractivity contribution in [3.63, 3.8) is 0 Å². The molecule has 1 aromatic heterocycles. The number of aromatic nitrogens is 2. The van der Waals surface area contributed by atoms with Crippen molar-refractivity contribution >= 4 is 5.95 Å². The average molecular weight is 267 g/mol. The van der Waals surface area contributed by atoms with Crippen LogP contribution in [0.25, 0.3) is 0 Å². The number of nitrogens with zero attached hydrogens (tertiary/aromatic N) is 2. The number of rotatable bonds is 7. The van der Waals surface area contributed by atoms with Gasteiger partial charge in [0.25, 0.3) is 0 Å². The van der Waals surface area contributed by atoms with Gasteiger partial charge in [0.2, 0.25) is 11.8 Å². The predicted octanol–water partition coefficient (Wildman–Crippen LogP) is 2.47. The number of nitrogens with one attached hydrogen (secondary N) is 1. The van der Waals surface area contributed by atoms with Gasteiger partial charge in [0.15, 0.2) is 0 Å². The van der Waals surface area contributed by atoms with E-state index in [0.29, 0.717) is 24.3 Å². The third-order valence-corrected chi connectivity index (χ3v) is 2.46. The van der Waals surface area contributed by atoms with Gasteiger partial charge in [0, 0.05) is 18.8 Å². The molecule has 1 heterocycles. The highest BCUT2D eigenvalue weighted by atomic mass is 16.5. The summed E-state index contributed by atoms with van der Waals surface area (Å²) in [6.07, 6.45) is 2.44. The zero-order chi connectivity index (χ0) is 14.5. The summed E-state index contributed by atoms with van der Waals surface area (Å²) in [5, 5.41) is 13.3. The van der Waals surface area contributed by atoms with Crippen LogP contribution in [-0.4, -0.2) is 33.3 Å². The predicted molar refractivity (Wildman–Crippen MR) is 76.4 cm³/mol. The molecule has 0 amide bonds. The molecule has 1 aromatic rings. The summed E-state index contributed by atoms with van der Waals surface area (Å²) in [5.74, 6) is 1.45. The van der Waals surface area contributed by atoms with Crippen molar-refractivity contribution < 1.29 is 9.84 Å². The fraction of sp³-hybridized carbons (Fsp3) is 0.714. The SMILES string of the molecule is CC(C)CC(C)(O)CNc1nccc(OC(C)C)n1. The minimum Gasteiger partial charge on any atom is -0.475 e. The standard InChI is InChI=1S/C14H25N3O2/c1-10(2)8-14(5,18)9-16-13-15-7-6-12(17-13)19-11(3)4/h6-7,10-11,18H,8-9H2,1-5H3,(H,15,16,17). The maximum atomic E-state index is 10.2. The second-order valence-electron chi connectivity index (χ2n) is 5.83. The molecule has 0 spiro atoms. The van der Waals surface area contributed by atoms with Crippen molar-refractivity contribution in [3.8, 4) is 5.88 Å². The van der Waals surface area contributed by atoms with Gasteiger partial charge in [-0.25, -0.2) is 4.98 Å². The Balaban J connectivity index is 2.57. The molecule has 0 aliphatic rings. The number of hydrogen-bond donors (Lipinski definition) is 2. The maximum Gasteiger partial charge on any atom is 0.226 e. The molecular formula is C14H25N3O2. The summed E-state index contributed by atoms with van der Waals surface area (Å²) in [6.45, 7) is 10.3. The van der Waals surface area contributed by atoms with E-state index >= 15 is 0 Å². The summed E-state index contributed by atoms with van der Waals surface area (Å²) < 4.78 is 5.50. The minimum atomic E-state index is -0.771. The molecule has 1 unspecified atom stereocenters. The van der Waals surface area contributed by atoms with E-state index in [9.17, 15) is 5.11 Å². The van der Waals surface area contributed by atoms with Crippen molar-refractivity contribution in [1.29, 1.82) is 0 Å². The van der Waals surface area contributed by atoms with Crippen LogP contribution in [0.2, 0.25) is 0 Å². The van der Waals surface area contributed by atoms with Crippen LogP contribution in [0.5, 0.6) is 5.88 Å². The van der Waals surface area contributed by atoms with Crippen LogP contribution in [0.3, 0.4) is 0 Å². The van der Waals surface area contributed by atoms with Gasteiger partial charge in [-0.15, -0.1) is 0 Å². The van der Waals surface area contributed by atoms with Crippen LogP contribution in [0.15, 0.2) is 12.3 Å². The molecule has 108 valence electrons. The first-order valence-corrected chi connectivity index (χ1v) is 6.74. The smallest absolute Gasteiger partial charge is 0.226 e. The van der Waals surface area contributed by atoms with Crippen LogP contribution < -0.4 is 10.1 Å². The van der Waals surface area contributed by atoms with E-state index in [2.05, 4.69) is 29.1 Å². The van der Waals surface area contributed by atoms with Crippen molar-refractivity contribution in [1.82, 2.24) is 9.97 Å². The van der Waals surface area contributed by atoms with E-state index in [1.807, 2.05) is 20.8 Å². The molecule has 0 saturated carbocycles. The topological polar surface area (TPSA) is 67.3 Å². The Morgan fingerprint density at radius 1 is 1.37 bits per heavy atom. The summed E-state index contributed by atoms with van der Waals surface area (Å²) in [6, 6.07) is 1.72. The zero-order valence-corrected chi connectivity index (χ0v) is 12.5. The monoisotopic (exact) mass is 267 g/mol. The number of aliphatic hydroxyl groups is 1. The normalized spacial score (nSPS) is 14.5. The van der Waals surface area contributed by atoms with E-state index in [-0.39, 0.29) is 6.10 Å². The fourth-order valence-electron chi connectivity index (χ4n) is 1.96. The van der Waals surface area contributed by atoms with Gasteiger partial charge in [-0.1, -0.05) is 13.8 Å². The van der Waals surface area contributed by atoms with Crippen LogP contribution in [0.1, 0.15) is 41.0 Å². The zero-order valence-electron chi connectivity index (χ0n) is 12.5. The number of hydrogen-bond acceptors (Lipinski definition) is 5. The number of ether oxygens (including phenoxy) is 1. The van der Waals surface area contributed by atoms with Crippen LogP contribution in [0, 0.1) is 5.92 Å². The lowest BCUT2D eigenvalue weighted by molar-refractivity contribution is 0.0513. The van der Waals surface area contributed by atoms with E-state index < -0.39 is 5.60 Å². The Bertz CT molecular complexity index is 392. The Kier molecular flexibility index (Phi) is 5.54. The van der Waals surface area contributed by atoms with Crippen molar-refractivity contribution in [2.45, 2.75) is 52.7 Å². The molecular weight excluding hydrogens is 242 g/mol. The van der Waals surface area contributed by atoms with Crippen molar-refractivity contribution in [2.75, 3.05) is 11.9 Å². The first kappa shape index (κ1) is 15.7. The second kappa shape index (κ2) is 6.70. The summed E-state index contributed by atoms with van der Waals surface area (Å²) >= 11 is 0. The van der Waals surface area contributed by atoms with Crippen LogP contribution >= 0.6 is 0 Å². The molecule has 0 fully saturated rings. The van der Waals surface area contributed by atoms with Gasteiger partial charge >= 0.3 is 0 Å².